The van der Waals surface area contributed by atoms with Gasteiger partial charge in [0.1, 0.15) is 6.07 Å². The third-order valence-corrected chi connectivity index (χ3v) is 3.18. The van der Waals surface area contributed by atoms with Crippen molar-refractivity contribution in [2.24, 2.45) is 4.99 Å². The maximum atomic E-state index is 11.6. The Balaban J connectivity index is 2.56. The molecule has 0 aliphatic carbocycles. The molecule has 0 unspecified atom stereocenters. The molecule has 116 valence electrons. The van der Waals surface area contributed by atoms with Gasteiger partial charge in [-0.1, -0.05) is 24.3 Å². The number of hydrogen-bond donors (Lipinski definition) is 0. The standard InChI is InChI=1S/C18H17N3O2/c1-3-10-21-11-9-16(15-7-5-6-8-17(15)21)20-13-14(12-19)18(22)23-4-2/h3,5-9,11,13H,1,4,10H2,2H3/b14-13+,20-16?. The lowest BCUT2D eigenvalue weighted by Gasteiger charge is -2.08. The van der Waals surface area contributed by atoms with Crippen LogP contribution < -0.4 is 5.36 Å². The maximum Gasteiger partial charge on any atom is 0.350 e. The number of fused-ring (bicyclic) bond motifs is 1. The summed E-state index contributed by atoms with van der Waals surface area (Å²) in [6, 6.07) is 11.4. The molecule has 2 aromatic rings. The van der Waals surface area contributed by atoms with E-state index in [0.717, 1.165) is 10.9 Å². The average Bonchev–Trinajstić information content (AvgIpc) is 2.57. The molecule has 0 N–H and O–H groups in total. The Labute approximate surface area is 134 Å². The predicted molar refractivity (Wildman–Crippen MR) is 88.0 cm³/mol. The number of pyridine rings is 1. The summed E-state index contributed by atoms with van der Waals surface area (Å²) in [6.45, 7) is 6.34. The van der Waals surface area contributed by atoms with Crippen molar-refractivity contribution in [1.82, 2.24) is 4.57 Å². The number of aromatic nitrogens is 1. The lowest BCUT2D eigenvalue weighted by atomic mass is 10.2. The first-order chi connectivity index (χ1) is 11.2. The molecule has 0 aliphatic rings. The summed E-state index contributed by atoms with van der Waals surface area (Å²) in [5.74, 6) is -0.666. The lowest BCUT2D eigenvalue weighted by Crippen LogP contribution is -2.09. The summed E-state index contributed by atoms with van der Waals surface area (Å²) in [6.07, 6.45) is 4.96. The van der Waals surface area contributed by atoms with E-state index in [9.17, 15) is 4.79 Å². The number of carbonyl (C=O) groups excluding carboxylic acids is 1. The monoisotopic (exact) mass is 307 g/mol. The van der Waals surface area contributed by atoms with Crippen molar-refractivity contribution >= 4 is 16.9 Å². The van der Waals surface area contributed by atoms with Crippen molar-refractivity contribution < 1.29 is 9.53 Å². The van der Waals surface area contributed by atoms with Crippen LogP contribution in [0.3, 0.4) is 0 Å². The Hall–Kier alpha value is -3.13. The molecule has 0 atom stereocenters. The van der Waals surface area contributed by atoms with Gasteiger partial charge in [-0.2, -0.15) is 5.26 Å². The third kappa shape index (κ3) is 3.74. The molecular formula is C18H17N3O2. The van der Waals surface area contributed by atoms with E-state index >= 15 is 0 Å². The van der Waals surface area contributed by atoms with Crippen molar-refractivity contribution in [3.05, 3.63) is 66.3 Å². The Bertz CT molecular complexity index is 870. The molecule has 5 heteroatoms. The van der Waals surface area contributed by atoms with Gasteiger partial charge in [0.15, 0.2) is 5.57 Å². The van der Waals surface area contributed by atoms with Crippen LogP contribution in [0.25, 0.3) is 10.9 Å². The summed E-state index contributed by atoms with van der Waals surface area (Å²) in [7, 11) is 0. The van der Waals surface area contributed by atoms with Crippen LogP contribution in [0.15, 0.2) is 65.9 Å². The fraction of sp³-hybridized carbons (Fsp3) is 0.167. The van der Waals surface area contributed by atoms with Crippen LogP contribution in [0, 0.1) is 11.3 Å². The first-order valence-electron chi connectivity index (χ1n) is 7.21. The van der Waals surface area contributed by atoms with E-state index in [-0.39, 0.29) is 12.2 Å². The summed E-state index contributed by atoms with van der Waals surface area (Å²) in [5, 5.41) is 10.6. The molecule has 0 saturated heterocycles. The zero-order valence-electron chi connectivity index (χ0n) is 12.9. The first-order valence-corrected chi connectivity index (χ1v) is 7.21. The fourth-order valence-corrected chi connectivity index (χ4v) is 2.15. The number of esters is 1. The van der Waals surface area contributed by atoms with Crippen LogP contribution in [0.5, 0.6) is 0 Å². The van der Waals surface area contributed by atoms with Gasteiger partial charge in [0.25, 0.3) is 0 Å². The Morgan fingerprint density at radius 1 is 1.43 bits per heavy atom. The van der Waals surface area contributed by atoms with Crippen LogP contribution in [0.1, 0.15) is 6.92 Å². The van der Waals surface area contributed by atoms with Crippen LogP contribution >= 0.6 is 0 Å². The number of carbonyl (C=O) groups is 1. The van der Waals surface area contributed by atoms with Gasteiger partial charge in [-0.15, -0.1) is 6.58 Å². The van der Waals surface area contributed by atoms with Gasteiger partial charge in [-0.05, 0) is 19.1 Å². The number of allylic oxidation sites excluding steroid dienone is 1. The molecule has 5 nitrogen and oxygen atoms in total. The molecule has 0 radical (unpaired) electrons. The van der Waals surface area contributed by atoms with Crippen LogP contribution in [-0.2, 0) is 16.1 Å². The van der Waals surface area contributed by atoms with Crippen molar-refractivity contribution in [2.75, 3.05) is 6.61 Å². The molecule has 1 aromatic carbocycles. The number of ether oxygens (including phenoxy) is 1. The zero-order chi connectivity index (χ0) is 16.7. The quantitative estimate of drug-likeness (QED) is 0.369. The predicted octanol–water partition coefficient (Wildman–Crippen LogP) is 2.70. The summed E-state index contributed by atoms with van der Waals surface area (Å²) < 4.78 is 6.86. The van der Waals surface area contributed by atoms with Crippen LogP contribution in [0.4, 0.5) is 0 Å². The van der Waals surface area contributed by atoms with Crippen molar-refractivity contribution in [2.45, 2.75) is 13.5 Å². The largest absolute Gasteiger partial charge is 0.462 e. The Kier molecular flexibility index (Phi) is 5.48. The highest BCUT2D eigenvalue weighted by atomic mass is 16.5. The summed E-state index contributed by atoms with van der Waals surface area (Å²) in [4.78, 5) is 15.9. The summed E-state index contributed by atoms with van der Waals surface area (Å²) >= 11 is 0. The van der Waals surface area contributed by atoms with Gasteiger partial charge < -0.3 is 9.30 Å². The minimum atomic E-state index is -0.666. The van der Waals surface area contributed by atoms with Crippen molar-refractivity contribution in [1.29, 1.82) is 5.26 Å². The van der Waals surface area contributed by atoms with E-state index in [2.05, 4.69) is 11.6 Å². The van der Waals surface area contributed by atoms with E-state index in [1.165, 1.54) is 6.20 Å². The van der Waals surface area contributed by atoms with Gasteiger partial charge in [-0.25, -0.2) is 4.79 Å². The molecule has 23 heavy (non-hydrogen) atoms. The van der Waals surface area contributed by atoms with E-state index in [1.54, 1.807) is 6.92 Å². The van der Waals surface area contributed by atoms with Crippen LogP contribution in [-0.4, -0.2) is 17.1 Å². The number of nitrogens with zero attached hydrogens (tertiary/aromatic N) is 3. The van der Waals surface area contributed by atoms with Gasteiger partial charge >= 0.3 is 5.97 Å². The molecule has 1 aromatic heterocycles. The van der Waals surface area contributed by atoms with Gasteiger partial charge in [0.05, 0.1) is 23.7 Å². The number of hydrogen-bond acceptors (Lipinski definition) is 4. The van der Waals surface area contributed by atoms with E-state index in [0.29, 0.717) is 11.9 Å². The molecule has 0 bridgehead atoms. The highest BCUT2D eigenvalue weighted by Gasteiger charge is 2.08. The second-order valence-corrected chi connectivity index (χ2v) is 4.66. The van der Waals surface area contributed by atoms with E-state index in [1.807, 2.05) is 53.2 Å². The van der Waals surface area contributed by atoms with Crippen molar-refractivity contribution in [3.8, 4) is 6.07 Å². The minimum Gasteiger partial charge on any atom is -0.462 e. The molecule has 0 aliphatic heterocycles. The molecule has 1 heterocycles. The van der Waals surface area contributed by atoms with E-state index in [4.69, 9.17) is 10.00 Å². The zero-order valence-corrected chi connectivity index (χ0v) is 12.9. The van der Waals surface area contributed by atoms with Gasteiger partial charge in [-0.3, -0.25) is 4.99 Å². The minimum absolute atomic E-state index is 0.126. The maximum absolute atomic E-state index is 11.6. The molecule has 2 rings (SSSR count). The Morgan fingerprint density at radius 3 is 2.91 bits per heavy atom. The van der Waals surface area contributed by atoms with Gasteiger partial charge in [0, 0.05) is 18.1 Å². The number of nitriles is 1. The lowest BCUT2D eigenvalue weighted by molar-refractivity contribution is -0.138. The smallest absolute Gasteiger partial charge is 0.350 e. The topological polar surface area (TPSA) is 67.4 Å². The molecule has 0 spiro atoms. The Morgan fingerprint density at radius 2 is 2.22 bits per heavy atom. The molecule has 0 amide bonds. The second kappa shape index (κ2) is 7.76. The average molecular weight is 307 g/mol. The number of benzene rings is 1. The summed E-state index contributed by atoms with van der Waals surface area (Å²) in [5.41, 5.74) is 0.871. The SMILES string of the molecule is C=CCn1ccc(=N/C=C(\C#N)C(=O)OCC)c2ccccc21. The number of para-hydroxylation sites is 1. The fourth-order valence-electron chi connectivity index (χ4n) is 2.15. The van der Waals surface area contributed by atoms with Gasteiger partial charge in [0.2, 0.25) is 0 Å². The number of rotatable bonds is 5. The highest BCUT2D eigenvalue weighted by molar-refractivity contribution is 5.92. The third-order valence-electron chi connectivity index (χ3n) is 3.18. The normalized spacial score (nSPS) is 12.0. The van der Waals surface area contributed by atoms with E-state index < -0.39 is 5.97 Å². The molecule has 0 saturated carbocycles. The molecule has 0 fully saturated rings. The van der Waals surface area contributed by atoms with Crippen LogP contribution in [0.2, 0.25) is 0 Å². The first kappa shape index (κ1) is 16.2. The highest BCUT2D eigenvalue weighted by Crippen LogP contribution is 2.09. The molecular weight excluding hydrogens is 290 g/mol. The van der Waals surface area contributed by atoms with Crippen molar-refractivity contribution in [3.63, 3.8) is 0 Å². The second-order valence-electron chi connectivity index (χ2n) is 4.66.